The van der Waals surface area contributed by atoms with Gasteiger partial charge in [-0.1, -0.05) is 30.3 Å². The van der Waals surface area contributed by atoms with Crippen LogP contribution in [0.4, 0.5) is 5.69 Å². The third-order valence-electron chi connectivity index (χ3n) is 5.46. The quantitative estimate of drug-likeness (QED) is 0.788. The van der Waals surface area contributed by atoms with Gasteiger partial charge in [0, 0.05) is 38.0 Å². The van der Waals surface area contributed by atoms with E-state index in [1.807, 2.05) is 53.4 Å². The molecule has 1 heterocycles. The second kappa shape index (κ2) is 7.91. The maximum Gasteiger partial charge on any atom is 0.226 e. The molecule has 0 unspecified atom stereocenters. The summed E-state index contributed by atoms with van der Waals surface area (Å²) >= 11 is 0. The summed E-state index contributed by atoms with van der Waals surface area (Å²) in [5.41, 5.74) is 1.10. The van der Waals surface area contributed by atoms with Gasteiger partial charge in [-0.15, -0.1) is 0 Å². The molecule has 2 aliphatic rings. The van der Waals surface area contributed by atoms with Gasteiger partial charge in [-0.2, -0.15) is 0 Å². The normalized spacial score (nSPS) is 21.7. The van der Waals surface area contributed by atoms with Crippen LogP contribution in [0.3, 0.4) is 0 Å². The molecule has 0 bridgehead atoms. The van der Waals surface area contributed by atoms with E-state index in [0.29, 0.717) is 12.5 Å². The number of rotatable bonds is 6. The third kappa shape index (κ3) is 4.02. The highest BCUT2D eigenvalue weighted by Gasteiger charge is 2.45. The minimum Gasteiger partial charge on any atom is -0.495 e. The predicted molar refractivity (Wildman–Crippen MR) is 105 cm³/mol. The van der Waals surface area contributed by atoms with E-state index < -0.39 is 0 Å². The summed E-state index contributed by atoms with van der Waals surface area (Å²) in [5.74, 6) is 2.53. The highest BCUT2D eigenvalue weighted by Crippen LogP contribution is 2.40. The number of hydrogen-bond acceptors (Lipinski definition) is 4. The number of para-hydroxylation sites is 3. The van der Waals surface area contributed by atoms with Gasteiger partial charge in [0.2, 0.25) is 5.91 Å². The predicted octanol–water partition coefficient (Wildman–Crippen LogP) is 3.06. The van der Waals surface area contributed by atoms with Crippen molar-refractivity contribution in [3.8, 4) is 11.5 Å². The zero-order chi connectivity index (χ0) is 18.6. The highest BCUT2D eigenvalue weighted by atomic mass is 16.5. The fourth-order valence-corrected chi connectivity index (χ4v) is 3.75. The monoisotopic (exact) mass is 366 g/mol. The number of hydrogen-bond donors (Lipinski definition) is 0. The largest absolute Gasteiger partial charge is 0.495 e. The minimum absolute atomic E-state index is 0.131. The van der Waals surface area contributed by atoms with Crippen LogP contribution in [0, 0.1) is 11.8 Å². The molecule has 1 aliphatic heterocycles. The van der Waals surface area contributed by atoms with Crippen LogP contribution >= 0.6 is 0 Å². The molecular weight excluding hydrogens is 340 g/mol. The summed E-state index contributed by atoms with van der Waals surface area (Å²) < 4.78 is 11.3. The van der Waals surface area contributed by atoms with Crippen molar-refractivity contribution in [1.29, 1.82) is 0 Å². The number of anilines is 1. The van der Waals surface area contributed by atoms with Crippen LogP contribution in [0.5, 0.6) is 11.5 Å². The smallest absolute Gasteiger partial charge is 0.226 e. The van der Waals surface area contributed by atoms with E-state index in [0.717, 1.165) is 49.8 Å². The van der Waals surface area contributed by atoms with Crippen LogP contribution in [0.15, 0.2) is 54.6 Å². The van der Waals surface area contributed by atoms with Gasteiger partial charge in [0.05, 0.1) is 19.4 Å². The van der Waals surface area contributed by atoms with Crippen molar-refractivity contribution in [2.45, 2.75) is 6.42 Å². The number of ether oxygens (including phenoxy) is 2. The molecule has 0 N–H and O–H groups in total. The fourth-order valence-electron chi connectivity index (χ4n) is 3.75. The summed E-state index contributed by atoms with van der Waals surface area (Å²) in [6, 6.07) is 17.9. The lowest BCUT2D eigenvalue weighted by Gasteiger charge is -2.36. The van der Waals surface area contributed by atoms with Crippen LogP contribution in [0.1, 0.15) is 6.42 Å². The SMILES string of the molecule is COc1ccccc1N1CCN(C(=O)[C@@H]2C[C@H]2COc2ccccc2)CC1. The van der Waals surface area contributed by atoms with Gasteiger partial charge in [0.15, 0.2) is 0 Å². The summed E-state index contributed by atoms with van der Waals surface area (Å²) in [6.45, 7) is 3.83. The van der Waals surface area contributed by atoms with Crippen molar-refractivity contribution < 1.29 is 14.3 Å². The molecule has 5 heteroatoms. The van der Waals surface area contributed by atoms with Gasteiger partial charge in [-0.05, 0) is 30.7 Å². The molecular formula is C22H26N2O3. The average Bonchev–Trinajstić information content (AvgIpc) is 3.52. The lowest BCUT2D eigenvalue weighted by Crippen LogP contribution is -2.49. The van der Waals surface area contributed by atoms with Gasteiger partial charge < -0.3 is 19.3 Å². The number of amides is 1. The first kappa shape index (κ1) is 17.7. The Bertz CT molecular complexity index is 772. The second-order valence-corrected chi connectivity index (χ2v) is 7.21. The van der Waals surface area contributed by atoms with Gasteiger partial charge >= 0.3 is 0 Å². The summed E-state index contributed by atoms with van der Waals surface area (Å²) in [6.07, 6.45) is 0.943. The Hall–Kier alpha value is -2.69. The summed E-state index contributed by atoms with van der Waals surface area (Å²) in [7, 11) is 1.70. The Balaban J connectivity index is 1.26. The van der Waals surface area contributed by atoms with E-state index >= 15 is 0 Å². The van der Waals surface area contributed by atoms with Gasteiger partial charge in [0.25, 0.3) is 0 Å². The van der Waals surface area contributed by atoms with E-state index in [4.69, 9.17) is 9.47 Å². The van der Waals surface area contributed by atoms with Gasteiger partial charge in [-0.25, -0.2) is 0 Å². The number of carbonyl (C=O) groups excluding carboxylic acids is 1. The Kier molecular flexibility index (Phi) is 5.19. The Morgan fingerprint density at radius 1 is 1.00 bits per heavy atom. The molecule has 0 radical (unpaired) electrons. The molecule has 1 aliphatic carbocycles. The topological polar surface area (TPSA) is 42.0 Å². The lowest BCUT2D eigenvalue weighted by molar-refractivity contribution is -0.133. The van der Waals surface area contributed by atoms with Crippen molar-refractivity contribution >= 4 is 11.6 Å². The minimum atomic E-state index is 0.131. The Morgan fingerprint density at radius 2 is 1.70 bits per heavy atom. The number of carbonyl (C=O) groups is 1. The number of nitrogens with zero attached hydrogens (tertiary/aromatic N) is 2. The van der Waals surface area contributed by atoms with Crippen LogP contribution in [-0.2, 0) is 4.79 Å². The molecule has 27 heavy (non-hydrogen) atoms. The molecule has 1 saturated carbocycles. The number of benzene rings is 2. The molecule has 2 atom stereocenters. The van der Waals surface area contributed by atoms with Gasteiger partial charge in [-0.3, -0.25) is 4.79 Å². The molecule has 4 rings (SSSR count). The standard InChI is InChI=1S/C22H26N2O3/c1-26-21-10-6-5-9-20(21)23-11-13-24(14-12-23)22(25)19-15-17(19)16-27-18-7-3-2-4-8-18/h2-10,17,19H,11-16H2,1H3/t17-,19+/m0/s1. The molecule has 0 spiro atoms. The molecule has 0 aromatic heterocycles. The third-order valence-corrected chi connectivity index (χ3v) is 5.46. The summed E-state index contributed by atoms with van der Waals surface area (Å²) in [5, 5.41) is 0. The molecule has 2 fully saturated rings. The second-order valence-electron chi connectivity index (χ2n) is 7.21. The Morgan fingerprint density at radius 3 is 2.44 bits per heavy atom. The van der Waals surface area contributed by atoms with E-state index in [-0.39, 0.29) is 11.8 Å². The first-order valence-corrected chi connectivity index (χ1v) is 9.61. The molecule has 1 amide bonds. The van der Waals surface area contributed by atoms with E-state index in [1.165, 1.54) is 0 Å². The first-order chi connectivity index (χ1) is 13.3. The van der Waals surface area contributed by atoms with Crippen molar-refractivity contribution in [3.05, 3.63) is 54.6 Å². The maximum atomic E-state index is 12.8. The van der Waals surface area contributed by atoms with Crippen LogP contribution in [0.25, 0.3) is 0 Å². The van der Waals surface area contributed by atoms with Crippen molar-refractivity contribution in [1.82, 2.24) is 4.90 Å². The van der Waals surface area contributed by atoms with Crippen LogP contribution in [0.2, 0.25) is 0 Å². The zero-order valence-corrected chi connectivity index (χ0v) is 15.7. The fraction of sp³-hybridized carbons (Fsp3) is 0.409. The molecule has 142 valence electrons. The maximum absolute atomic E-state index is 12.8. The number of piperazine rings is 1. The summed E-state index contributed by atoms with van der Waals surface area (Å²) in [4.78, 5) is 17.1. The van der Waals surface area contributed by atoms with Crippen molar-refractivity contribution in [2.24, 2.45) is 11.8 Å². The van der Waals surface area contributed by atoms with Crippen LogP contribution in [-0.4, -0.2) is 50.7 Å². The molecule has 1 saturated heterocycles. The molecule has 2 aromatic rings. The van der Waals surface area contributed by atoms with Crippen molar-refractivity contribution in [3.63, 3.8) is 0 Å². The van der Waals surface area contributed by atoms with E-state index in [1.54, 1.807) is 7.11 Å². The highest BCUT2D eigenvalue weighted by molar-refractivity contribution is 5.82. The average molecular weight is 366 g/mol. The first-order valence-electron chi connectivity index (χ1n) is 9.61. The van der Waals surface area contributed by atoms with E-state index in [2.05, 4.69) is 11.0 Å². The Labute approximate surface area is 160 Å². The zero-order valence-electron chi connectivity index (χ0n) is 15.7. The number of methoxy groups -OCH3 is 1. The van der Waals surface area contributed by atoms with E-state index in [9.17, 15) is 4.79 Å². The lowest BCUT2D eigenvalue weighted by atomic mass is 10.2. The van der Waals surface area contributed by atoms with Crippen molar-refractivity contribution in [2.75, 3.05) is 44.8 Å². The van der Waals surface area contributed by atoms with Gasteiger partial charge in [0.1, 0.15) is 11.5 Å². The van der Waals surface area contributed by atoms with Crippen LogP contribution < -0.4 is 14.4 Å². The molecule has 2 aromatic carbocycles. The molecule has 5 nitrogen and oxygen atoms in total.